The first-order chi connectivity index (χ1) is 11.3. The average Bonchev–Trinajstić information content (AvgIpc) is 3.03. The molecule has 0 unspecified atom stereocenters. The molecule has 1 aliphatic rings. The third-order valence-corrected chi connectivity index (χ3v) is 4.27. The van der Waals surface area contributed by atoms with E-state index in [1.807, 2.05) is 16.9 Å². The number of piperazine rings is 1. The Kier molecular flexibility index (Phi) is 5.65. The quantitative estimate of drug-likeness (QED) is 0.765. The Bertz CT molecular complexity index is 575. The predicted octanol–water partition coefficient (Wildman–Crippen LogP) is 1.19. The number of aromatic nitrogens is 5. The van der Waals surface area contributed by atoms with Crippen LogP contribution in [-0.2, 0) is 19.6 Å². The van der Waals surface area contributed by atoms with Gasteiger partial charge in [0.1, 0.15) is 0 Å². The third kappa shape index (κ3) is 4.56. The van der Waals surface area contributed by atoms with E-state index in [2.05, 4.69) is 49.4 Å². The van der Waals surface area contributed by atoms with Crippen LogP contribution in [0.1, 0.15) is 31.3 Å². The first kappa shape index (κ1) is 16.0. The maximum absolute atomic E-state index is 4.41. The zero-order valence-corrected chi connectivity index (χ0v) is 13.8. The Labute approximate surface area is 137 Å². The minimum atomic E-state index is 0.841. The van der Waals surface area contributed by atoms with E-state index in [1.165, 1.54) is 0 Å². The van der Waals surface area contributed by atoms with Crippen LogP contribution >= 0.6 is 0 Å². The predicted molar refractivity (Wildman–Crippen MR) is 87.5 cm³/mol. The standard InChI is InChI=1S/C16H25N7/c1-2-3-8-23-16(18-19-20-23)14-22-11-9-21(10-12-22)13-15-6-4-5-7-17-15/h4-7H,2-3,8-14H2,1H3. The van der Waals surface area contributed by atoms with E-state index in [1.54, 1.807) is 0 Å². The van der Waals surface area contributed by atoms with Gasteiger partial charge < -0.3 is 0 Å². The Balaban J connectivity index is 1.47. The maximum atomic E-state index is 4.41. The highest BCUT2D eigenvalue weighted by molar-refractivity contribution is 5.03. The summed E-state index contributed by atoms with van der Waals surface area (Å²) < 4.78 is 1.95. The van der Waals surface area contributed by atoms with Crippen molar-refractivity contribution in [1.82, 2.24) is 35.0 Å². The molecule has 124 valence electrons. The molecular formula is C16H25N7. The molecule has 3 rings (SSSR count). The van der Waals surface area contributed by atoms with Crippen molar-refractivity contribution in [3.05, 3.63) is 35.9 Å². The van der Waals surface area contributed by atoms with Crippen LogP contribution in [0.2, 0.25) is 0 Å². The minimum absolute atomic E-state index is 0.841. The van der Waals surface area contributed by atoms with Crippen molar-refractivity contribution in [3.8, 4) is 0 Å². The Morgan fingerprint density at radius 3 is 2.52 bits per heavy atom. The zero-order valence-electron chi connectivity index (χ0n) is 13.8. The van der Waals surface area contributed by atoms with E-state index in [9.17, 15) is 0 Å². The van der Waals surface area contributed by atoms with Gasteiger partial charge >= 0.3 is 0 Å². The summed E-state index contributed by atoms with van der Waals surface area (Å²) in [5.41, 5.74) is 1.14. The molecule has 0 amide bonds. The number of hydrogen-bond acceptors (Lipinski definition) is 6. The van der Waals surface area contributed by atoms with Gasteiger partial charge in [-0.3, -0.25) is 14.8 Å². The fraction of sp³-hybridized carbons (Fsp3) is 0.625. The van der Waals surface area contributed by atoms with Crippen molar-refractivity contribution in [2.45, 2.75) is 39.4 Å². The van der Waals surface area contributed by atoms with Gasteiger partial charge in [-0.1, -0.05) is 19.4 Å². The molecule has 0 bridgehead atoms. The summed E-state index contributed by atoms with van der Waals surface area (Å²) in [4.78, 5) is 9.30. The Morgan fingerprint density at radius 2 is 1.83 bits per heavy atom. The van der Waals surface area contributed by atoms with Crippen LogP contribution in [0.4, 0.5) is 0 Å². The summed E-state index contributed by atoms with van der Waals surface area (Å²) in [5.74, 6) is 0.983. The first-order valence-corrected chi connectivity index (χ1v) is 8.45. The van der Waals surface area contributed by atoms with Crippen LogP contribution in [-0.4, -0.2) is 61.2 Å². The largest absolute Gasteiger partial charge is 0.295 e. The number of rotatable bonds is 7. The molecule has 1 saturated heterocycles. The lowest BCUT2D eigenvalue weighted by atomic mass is 10.2. The molecule has 0 atom stereocenters. The zero-order chi connectivity index (χ0) is 15.9. The number of unbranched alkanes of at least 4 members (excludes halogenated alkanes) is 1. The van der Waals surface area contributed by atoms with Gasteiger partial charge in [-0.15, -0.1) is 5.10 Å². The molecule has 3 heterocycles. The van der Waals surface area contributed by atoms with Crippen molar-refractivity contribution in [1.29, 1.82) is 0 Å². The van der Waals surface area contributed by atoms with Gasteiger partial charge in [-0.25, -0.2) is 4.68 Å². The van der Waals surface area contributed by atoms with Gasteiger partial charge in [-0.05, 0) is 29.0 Å². The second-order valence-electron chi connectivity index (χ2n) is 6.05. The molecule has 7 heteroatoms. The SMILES string of the molecule is CCCCn1nnnc1CN1CCN(Cc2ccccn2)CC1. The van der Waals surface area contributed by atoms with E-state index >= 15 is 0 Å². The second-order valence-corrected chi connectivity index (χ2v) is 6.05. The summed E-state index contributed by atoms with van der Waals surface area (Å²) >= 11 is 0. The van der Waals surface area contributed by atoms with E-state index in [0.717, 1.165) is 70.2 Å². The summed E-state index contributed by atoms with van der Waals surface area (Å²) in [5, 5.41) is 12.1. The number of pyridine rings is 1. The molecule has 2 aromatic rings. The molecule has 7 nitrogen and oxygen atoms in total. The molecule has 1 aliphatic heterocycles. The van der Waals surface area contributed by atoms with E-state index in [0.29, 0.717) is 0 Å². The molecular weight excluding hydrogens is 290 g/mol. The number of nitrogens with zero attached hydrogens (tertiary/aromatic N) is 7. The lowest BCUT2D eigenvalue weighted by Gasteiger charge is -2.34. The molecule has 1 fully saturated rings. The molecule has 0 aromatic carbocycles. The van der Waals surface area contributed by atoms with Gasteiger partial charge in [0.15, 0.2) is 5.82 Å². The molecule has 23 heavy (non-hydrogen) atoms. The molecule has 0 spiro atoms. The van der Waals surface area contributed by atoms with Gasteiger partial charge in [0.25, 0.3) is 0 Å². The number of tetrazole rings is 1. The van der Waals surface area contributed by atoms with Crippen molar-refractivity contribution >= 4 is 0 Å². The second kappa shape index (κ2) is 8.12. The topological polar surface area (TPSA) is 63.0 Å². The number of hydrogen-bond donors (Lipinski definition) is 0. The highest BCUT2D eigenvalue weighted by Crippen LogP contribution is 2.09. The Hall–Kier alpha value is -1.86. The Morgan fingerprint density at radius 1 is 1.04 bits per heavy atom. The molecule has 0 aliphatic carbocycles. The van der Waals surface area contributed by atoms with Crippen molar-refractivity contribution in [3.63, 3.8) is 0 Å². The normalized spacial score (nSPS) is 16.7. The van der Waals surface area contributed by atoms with Crippen LogP contribution in [0.3, 0.4) is 0 Å². The minimum Gasteiger partial charge on any atom is -0.295 e. The highest BCUT2D eigenvalue weighted by atomic mass is 15.5. The number of aryl methyl sites for hydroxylation is 1. The molecule has 2 aromatic heterocycles. The molecule has 0 saturated carbocycles. The monoisotopic (exact) mass is 315 g/mol. The van der Waals surface area contributed by atoms with Crippen LogP contribution in [0.5, 0.6) is 0 Å². The molecule has 0 radical (unpaired) electrons. The summed E-state index contributed by atoms with van der Waals surface area (Å²) in [7, 11) is 0. The molecule has 0 N–H and O–H groups in total. The smallest absolute Gasteiger partial charge is 0.165 e. The fourth-order valence-electron chi connectivity index (χ4n) is 2.84. The fourth-order valence-corrected chi connectivity index (χ4v) is 2.84. The van der Waals surface area contributed by atoms with E-state index in [4.69, 9.17) is 0 Å². The highest BCUT2D eigenvalue weighted by Gasteiger charge is 2.19. The summed E-state index contributed by atoms with van der Waals surface area (Å²) in [6, 6.07) is 6.10. The van der Waals surface area contributed by atoms with Crippen molar-refractivity contribution in [2.75, 3.05) is 26.2 Å². The van der Waals surface area contributed by atoms with E-state index in [-0.39, 0.29) is 0 Å². The summed E-state index contributed by atoms with van der Waals surface area (Å²) in [6.07, 6.45) is 4.14. The lowest BCUT2D eigenvalue weighted by molar-refractivity contribution is 0.117. The van der Waals surface area contributed by atoms with Crippen LogP contribution in [0.15, 0.2) is 24.4 Å². The van der Waals surface area contributed by atoms with Crippen LogP contribution in [0.25, 0.3) is 0 Å². The van der Waals surface area contributed by atoms with Gasteiger partial charge in [0, 0.05) is 45.5 Å². The van der Waals surface area contributed by atoms with Gasteiger partial charge in [0.2, 0.25) is 0 Å². The van der Waals surface area contributed by atoms with Crippen LogP contribution in [0, 0.1) is 0 Å². The van der Waals surface area contributed by atoms with Crippen molar-refractivity contribution < 1.29 is 0 Å². The van der Waals surface area contributed by atoms with Crippen molar-refractivity contribution in [2.24, 2.45) is 0 Å². The maximum Gasteiger partial charge on any atom is 0.165 e. The van der Waals surface area contributed by atoms with Gasteiger partial charge in [0.05, 0.1) is 12.2 Å². The average molecular weight is 315 g/mol. The summed E-state index contributed by atoms with van der Waals surface area (Å²) in [6.45, 7) is 9.10. The first-order valence-electron chi connectivity index (χ1n) is 8.45. The van der Waals surface area contributed by atoms with E-state index < -0.39 is 0 Å². The lowest BCUT2D eigenvalue weighted by Crippen LogP contribution is -2.45. The van der Waals surface area contributed by atoms with Crippen LogP contribution < -0.4 is 0 Å². The third-order valence-electron chi connectivity index (χ3n) is 4.27. The van der Waals surface area contributed by atoms with Gasteiger partial charge in [-0.2, -0.15) is 0 Å².